The standard InChI is InChI=1S/C12H16BrFN2O2/c1-2-8(5-6-17)15-12(18)16-9-3-4-10(13)11(14)7-9/h3-4,7-8,17H,2,5-6H2,1H3,(H2,15,16,18). The summed E-state index contributed by atoms with van der Waals surface area (Å²) < 4.78 is 13.6. The van der Waals surface area contributed by atoms with Crippen LogP contribution >= 0.6 is 15.9 Å². The van der Waals surface area contributed by atoms with Gasteiger partial charge < -0.3 is 15.7 Å². The van der Waals surface area contributed by atoms with Gasteiger partial charge in [0.1, 0.15) is 5.82 Å². The molecular formula is C12H16BrFN2O2. The van der Waals surface area contributed by atoms with E-state index in [0.717, 1.165) is 6.42 Å². The molecule has 0 radical (unpaired) electrons. The molecule has 0 aliphatic carbocycles. The molecule has 0 aliphatic heterocycles. The molecule has 0 spiro atoms. The molecule has 0 saturated heterocycles. The van der Waals surface area contributed by atoms with Crippen molar-refractivity contribution < 1.29 is 14.3 Å². The molecule has 18 heavy (non-hydrogen) atoms. The second-order valence-corrected chi connectivity index (χ2v) is 4.70. The molecule has 0 heterocycles. The quantitative estimate of drug-likeness (QED) is 0.781. The zero-order valence-corrected chi connectivity index (χ0v) is 11.6. The summed E-state index contributed by atoms with van der Waals surface area (Å²) in [6, 6.07) is 3.86. The number of anilines is 1. The fraction of sp³-hybridized carbons (Fsp3) is 0.417. The molecule has 0 saturated carbocycles. The molecule has 0 bridgehead atoms. The summed E-state index contributed by atoms with van der Waals surface area (Å²) in [5, 5.41) is 14.1. The van der Waals surface area contributed by atoms with Crippen molar-refractivity contribution >= 4 is 27.6 Å². The Labute approximate surface area is 114 Å². The van der Waals surface area contributed by atoms with Crippen LogP contribution < -0.4 is 10.6 Å². The van der Waals surface area contributed by atoms with Gasteiger partial charge in [0.2, 0.25) is 0 Å². The second-order valence-electron chi connectivity index (χ2n) is 3.84. The normalized spacial score (nSPS) is 12.0. The number of halogens is 2. The summed E-state index contributed by atoms with van der Waals surface area (Å²) in [5.74, 6) is -0.435. The average Bonchev–Trinajstić information content (AvgIpc) is 2.33. The maximum absolute atomic E-state index is 13.2. The molecule has 0 fully saturated rings. The number of hydrogen-bond acceptors (Lipinski definition) is 2. The van der Waals surface area contributed by atoms with Gasteiger partial charge in [-0.2, -0.15) is 0 Å². The Morgan fingerprint density at radius 3 is 2.83 bits per heavy atom. The number of urea groups is 1. The molecule has 0 aromatic heterocycles. The SMILES string of the molecule is CCC(CCO)NC(=O)Nc1ccc(Br)c(F)c1. The molecule has 1 aromatic rings. The summed E-state index contributed by atoms with van der Waals surface area (Å²) in [7, 11) is 0. The van der Waals surface area contributed by atoms with Crippen molar-refractivity contribution in [1.82, 2.24) is 5.32 Å². The Balaban J connectivity index is 2.55. The van der Waals surface area contributed by atoms with Crippen molar-refractivity contribution in [2.45, 2.75) is 25.8 Å². The molecule has 1 rings (SSSR count). The van der Waals surface area contributed by atoms with E-state index in [2.05, 4.69) is 26.6 Å². The van der Waals surface area contributed by atoms with Gasteiger partial charge in [-0.3, -0.25) is 0 Å². The summed E-state index contributed by atoms with van der Waals surface area (Å²) in [6.07, 6.45) is 1.22. The van der Waals surface area contributed by atoms with E-state index in [0.29, 0.717) is 16.6 Å². The molecule has 3 N–H and O–H groups in total. The minimum atomic E-state index is -0.435. The molecule has 0 aliphatic rings. The van der Waals surface area contributed by atoms with E-state index in [1.807, 2.05) is 6.92 Å². The van der Waals surface area contributed by atoms with Gasteiger partial charge in [-0.1, -0.05) is 6.92 Å². The van der Waals surface area contributed by atoms with Gasteiger partial charge in [0.25, 0.3) is 0 Å². The van der Waals surface area contributed by atoms with Crippen LogP contribution in [-0.2, 0) is 0 Å². The van der Waals surface area contributed by atoms with E-state index in [1.165, 1.54) is 12.1 Å². The topological polar surface area (TPSA) is 61.4 Å². The van der Waals surface area contributed by atoms with E-state index < -0.39 is 11.8 Å². The zero-order valence-electron chi connectivity index (χ0n) is 10.0. The molecule has 2 amide bonds. The summed E-state index contributed by atoms with van der Waals surface area (Å²) in [6.45, 7) is 1.94. The molecule has 6 heteroatoms. The highest BCUT2D eigenvalue weighted by Gasteiger charge is 2.10. The number of amides is 2. The van der Waals surface area contributed by atoms with Crippen LogP contribution in [0.4, 0.5) is 14.9 Å². The van der Waals surface area contributed by atoms with Crippen LogP contribution in [0.3, 0.4) is 0 Å². The van der Waals surface area contributed by atoms with Gasteiger partial charge in [0.15, 0.2) is 0 Å². The summed E-state index contributed by atoms with van der Waals surface area (Å²) >= 11 is 3.04. The highest BCUT2D eigenvalue weighted by molar-refractivity contribution is 9.10. The Morgan fingerprint density at radius 1 is 1.56 bits per heavy atom. The van der Waals surface area contributed by atoms with E-state index >= 15 is 0 Å². The van der Waals surface area contributed by atoms with Crippen molar-refractivity contribution in [2.75, 3.05) is 11.9 Å². The van der Waals surface area contributed by atoms with Crippen LogP contribution in [0.15, 0.2) is 22.7 Å². The Hall–Kier alpha value is -1.14. The Kier molecular flexibility index (Phi) is 6.07. The number of carbonyl (C=O) groups is 1. The average molecular weight is 319 g/mol. The van der Waals surface area contributed by atoms with Gasteiger partial charge in [-0.15, -0.1) is 0 Å². The predicted octanol–water partition coefficient (Wildman–Crippen LogP) is 2.87. The van der Waals surface area contributed by atoms with Crippen LogP contribution in [-0.4, -0.2) is 23.8 Å². The largest absolute Gasteiger partial charge is 0.396 e. The molecule has 1 aromatic carbocycles. The van der Waals surface area contributed by atoms with Gasteiger partial charge in [-0.25, -0.2) is 9.18 Å². The third-order valence-corrected chi connectivity index (χ3v) is 3.13. The van der Waals surface area contributed by atoms with Crippen LogP contribution in [0.5, 0.6) is 0 Å². The van der Waals surface area contributed by atoms with Crippen molar-refractivity contribution in [3.05, 3.63) is 28.5 Å². The van der Waals surface area contributed by atoms with Crippen molar-refractivity contribution in [1.29, 1.82) is 0 Å². The summed E-state index contributed by atoms with van der Waals surface area (Å²) in [4.78, 5) is 11.6. The molecule has 100 valence electrons. The Bertz CT molecular complexity index is 415. The number of aliphatic hydroxyl groups excluding tert-OH is 1. The highest BCUT2D eigenvalue weighted by Crippen LogP contribution is 2.19. The first kappa shape index (κ1) is 14.9. The predicted molar refractivity (Wildman–Crippen MR) is 72.0 cm³/mol. The van der Waals surface area contributed by atoms with Gasteiger partial charge >= 0.3 is 6.03 Å². The number of aliphatic hydroxyl groups is 1. The molecule has 1 unspecified atom stereocenters. The maximum atomic E-state index is 13.2. The number of rotatable bonds is 5. The van der Waals surface area contributed by atoms with Gasteiger partial charge in [0.05, 0.1) is 4.47 Å². The minimum Gasteiger partial charge on any atom is -0.396 e. The van der Waals surface area contributed by atoms with Crippen LogP contribution in [0.25, 0.3) is 0 Å². The van der Waals surface area contributed by atoms with Crippen LogP contribution in [0.1, 0.15) is 19.8 Å². The lowest BCUT2D eigenvalue weighted by atomic mass is 10.2. The number of nitrogens with one attached hydrogen (secondary N) is 2. The first-order valence-corrected chi connectivity index (χ1v) is 6.49. The van der Waals surface area contributed by atoms with E-state index in [9.17, 15) is 9.18 Å². The highest BCUT2D eigenvalue weighted by atomic mass is 79.9. The lowest BCUT2D eigenvalue weighted by Gasteiger charge is -2.16. The van der Waals surface area contributed by atoms with Crippen molar-refractivity contribution in [2.24, 2.45) is 0 Å². The number of benzene rings is 1. The second kappa shape index (κ2) is 7.33. The molecule has 4 nitrogen and oxygen atoms in total. The fourth-order valence-electron chi connectivity index (χ4n) is 1.46. The number of hydrogen-bond donors (Lipinski definition) is 3. The van der Waals surface area contributed by atoms with Gasteiger partial charge in [-0.05, 0) is 47.0 Å². The zero-order chi connectivity index (χ0) is 13.5. The van der Waals surface area contributed by atoms with E-state index in [-0.39, 0.29) is 12.6 Å². The fourth-order valence-corrected chi connectivity index (χ4v) is 1.71. The van der Waals surface area contributed by atoms with Crippen LogP contribution in [0.2, 0.25) is 0 Å². The third-order valence-electron chi connectivity index (χ3n) is 2.48. The van der Waals surface area contributed by atoms with Gasteiger partial charge in [0, 0.05) is 18.3 Å². The maximum Gasteiger partial charge on any atom is 0.319 e. The monoisotopic (exact) mass is 318 g/mol. The molecule has 1 atom stereocenters. The summed E-state index contributed by atoms with van der Waals surface area (Å²) in [5.41, 5.74) is 0.382. The first-order chi connectivity index (χ1) is 8.56. The van der Waals surface area contributed by atoms with Crippen LogP contribution in [0, 0.1) is 5.82 Å². The van der Waals surface area contributed by atoms with Crippen molar-refractivity contribution in [3.63, 3.8) is 0 Å². The lowest BCUT2D eigenvalue weighted by molar-refractivity contribution is 0.237. The Morgan fingerprint density at radius 2 is 2.28 bits per heavy atom. The minimum absolute atomic E-state index is 0.0195. The molecular weight excluding hydrogens is 303 g/mol. The smallest absolute Gasteiger partial charge is 0.319 e. The third kappa shape index (κ3) is 4.62. The van der Waals surface area contributed by atoms with E-state index in [4.69, 9.17) is 5.11 Å². The number of carbonyl (C=O) groups excluding carboxylic acids is 1. The lowest BCUT2D eigenvalue weighted by Crippen LogP contribution is -2.38. The van der Waals surface area contributed by atoms with Crippen molar-refractivity contribution in [3.8, 4) is 0 Å². The first-order valence-electron chi connectivity index (χ1n) is 5.70. The van der Waals surface area contributed by atoms with E-state index in [1.54, 1.807) is 6.07 Å².